The number of nitrogens with one attached hydrogen (secondary N) is 1. The average Bonchev–Trinajstić information content (AvgIpc) is 2.40. The molecule has 0 bridgehead atoms. The zero-order valence-corrected chi connectivity index (χ0v) is 11.9. The van der Waals surface area contributed by atoms with Crippen molar-refractivity contribution in [3.8, 4) is 0 Å². The highest BCUT2D eigenvalue weighted by molar-refractivity contribution is 9.10. The van der Waals surface area contributed by atoms with E-state index >= 15 is 0 Å². The van der Waals surface area contributed by atoms with Crippen LogP contribution >= 0.6 is 15.9 Å². The number of halogens is 1. The average molecular weight is 310 g/mol. The van der Waals surface area contributed by atoms with E-state index in [2.05, 4.69) is 32.2 Å². The van der Waals surface area contributed by atoms with E-state index in [0.717, 1.165) is 35.5 Å². The third-order valence-electron chi connectivity index (χ3n) is 3.66. The first-order valence-electron chi connectivity index (χ1n) is 6.31. The van der Waals surface area contributed by atoms with Gasteiger partial charge >= 0.3 is 0 Å². The topological polar surface area (TPSA) is 35.6 Å². The van der Waals surface area contributed by atoms with Gasteiger partial charge in [0.05, 0.1) is 11.4 Å². The fourth-order valence-corrected chi connectivity index (χ4v) is 3.39. The molecule has 4 nitrogen and oxygen atoms in total. The van der Waals surface area contributed by atoms with Gasteiger partial charge in [-0.25, -0.2) is 0 Å². The van der Waals surface area contributed by atoms with Crippen LogP contribution in [0.3, 0.4) is 0 Å². The van der Waals surface area contributed by atoms with Crippen LogP contribution in [0.25, 0.3) is 0 Å². The van der Waals surface area contributed by atoms with Gasteiger partial charge in [0.1, 0.15) is 6.04 Å². The number of amides is 1. The number of rotatable bonds is 1. The molecule has 1 atom stereocenters. The van der Waals surface area contributed by atoms with Gasteiger partial charge in [-0.3, -0.25) is 4.79 Å². The first kappa shape index (κ1) is 12.0. The predicted octanol–water partition coefficient (Wildman–Crippen LogP) is 1.59. The molecule has 2 aliphatic heterocycles. The van der Waals surface area contributed by atoms with Crippen LogP contribution in [-0.4, -0.2) is 38.1 Å². The van der Waals surface area contributed by atoms with Gasteiger partial charge in [-0.2, -0.15) is 0 Å². The summed E-state index contributed by atoms with van der Waals surface area (Å²) in [7, 11) is 0. The minimum Gasteiger partial charge on any atom is -0.355 e. The number of piperazine rings is 1. The molecule has 96 valence electrons. The molecule has 0 saturated carbocycles. The summed E-state index contributed by atoms with van der Waals surface area (Å²) in [6.07, 6.45) is 0. The molecule has 1 unspecified atom stereocenters. The quantitative estimate of drug-likeness (QED) is 0.856. The van der Waals surface area contributed by atoms with Crippen molar-refractivity contribution in [3.63, 3.8) is 0 Å². The lowest BCUT2D eigenvalue weighted by molar-refractivity contribution is -0.120. The third-order valence-corrected chi connectivity index (χ3v) is 4.30. The Hall–Kier alpha value is -1.07. The van der Waals surface area contributed by atoms with Crippen molar-refractivity contribution in [3.05, 3.63) is 22.7 Å². The minimum absolute atomic E-state index is 0.0551. The number of hydrogen-bond acceptors (Lipinski definition) is 3. The van der Waals surface area contributed by atoms with Crippen LogP contribution in [0.5, 0.6) is 0 Å². The molecule has 18 heavy (non-hydrogen) atoms. The Bertz CT molecular complexity index is 491. The lowest BCUT2D eigenvalue weighted by Gasteiger charge is -2.45. The van der Waals surface area contributed by atoms with Crippen molar-refractivity contribution < 1.29 is 4.79 Å². The van der Waals surface area contributed by atoms with Gasteiger partial charge in [0, 0.05) is 30.7 Å². The number of fused-ring (bicyclic) bond motifs is 3. The zero-order valence-electron chi connectivity index (χ0n) is 10.3. The van der Waals surface area contributed by atoms with E-state index < -0.39 is 0 Å². The Kier molecular flexibility index (Phi) is 3.03. The fraction of sp³-hybridized carbons (Fsp3) is 0.462. The number of carbonyl (C=O) groups is 1. The molecular formula is C13H16BrN3O. The number of hydrogen-bond donors (Lipinski definition) is 1. The van der Waals surface area contributed by atoms with Gasteiger partial charge < -0.3 is 15.1 Å². The summed E-state index contributed by atoms with van der Waals surface area (Å²) in [5, 5.41) is 3.30. The van der Waals surface area contributed by atoms with Crippen molar-refractivity contribution in [2.75, 3.05) is 36.0 Å². The summed E-state index contributed by atoms with van der Waals surface area (Å²) in [6.45, 7) is 5.28. The minimum atomic E-state index is -0.0551. The molecule has 0 aromatic heterocycles. The summed E-state index contributed by atoms with van der Waals surface area (Å²) in [5.74, 6) is 0.198. The molecule has 2 heterocycles. The number of carbonyl (C=O) groups excluding carboxylic acids is 1. The highest BCUT2D eigenvalue weighted by Gasteiger charge is 2.39. The normalized spacial score (nSPS) is 22.8. The Morgan fingerprint density at radius 2 is 2.33 bits per heavy atom. The summed E-state index contributed by atoms with van der Waals surface area (Å²) in [4.78, 5) is 16.6. The second-order valence-electron chi connectivity index (χ2n) is 4.60. The fourth-order valence-electron chi connectivity index (χ4n) is 2.82. The van der Waals surface area contributed by atoms with Gasteiger partial charge in [0.2, 0.25) is 0 Å². The number of likely N-dealkylation sites (N-methyl/N-ethyl adjacent to an activating group) is 1. The van der Waals surface area contributed by atoms with Crippen LogP contribution < -0.4 is 15.1 Å². The number of benzene rings is 1. The Labute approximate surface area is 115 Å². The molecule has 1 aromatic rings. The smallest absolute Gasteiger partial charge is 0.251 e. The maximum absolute atomic E-state index is 12.5. The van der Waals surface area contributed by atoms with Gasteiger partial charge in [-0.1, -0.05) is 6.07 Å². The first-order chi connectivity index (χ1) is 8.74. The van der Waals surface area contributed by atoms with E-state index in [-0.39, 0.29) is 11.9 Å². The van der Waals surface area contributed by atoms with Crippen LogP contribution in [0, 0.1) is 0 Å². The van der Waals surface area contributed by atoms with Crippen molar-refractivity contribution in [2.45, 2.75) is 13.0 Å². The molecule has 1 N–H and O–H groups in total. The third kappa shape index (κ3) is 1.65. The maximum atomic E-state index is 12.5. The van der Waals surface area contributed by atoms with Crippen LogP contribution in [0.1, 0.15) is 6.92 Å². The van der Waals surface area contributed by atoms with E-state index in [1.165, 1.54) is 0 Å². The SMILES string of the molecule is CCN1C(=O)C2CNCCN2c2cccc(Br)c21. The van der Waals surface area contributed by atoms with Crippen LogP contribution in [0.4, 0.5) is 11.4 Å². The monoisotopic (exact) mass is 309 g/mol. The molecule has 2 aliphatic rings. The Morgan fingerprint density at radius 1 is 1.50 bits per heavy atom. The van der Waals surface area contributed by atoms with E-state index in [1.54, 1.807) is 0 Å². The summed E-state index contributed by atoms with van der Waals surface area (Å²) in [5.41, 5.74) is 2.18. The maximum Gasteiger partial charge on any atom is 0.251 e. The molecule has 1 aromatic carbocycles. The molecule has 0 aliphatic carbocycles. The van der Waals surface area contributed by atoms with Crippen LogP contribution in [0.2, 0.25) is 0 Å². The summed E-state index contributed by atoms with van der Waals surface area (Å²) < 4.78 is 0.993. The standard InChI is InChI=1S/C13H16BrN3O/c1-2-16-12-9(14)4-3-5-10(12)17-7-6-15-8-11(17)13(16)18/h3-5,11,15H,2,6-8H2,1H3. The predicted molar refractivity (Wildman–Crippen MR) is 76.2 cm³/mol. The molecule has 5 heteroatoms. The van der Waals surface area contributed by atoms with Gasteiger partial charge in [-0.05, 0) is 35.0 Å². The van der Waals surface area contributed by atoms with E-state index in [0.29, 0.717) is 6.54 Å². The van der Waals surface area contributed by atoms with Gasteiger partial charge in [0.25, 0.3) is 5.91 Å². The van der Waals surface area contributed by atoms with E-state index in [9.17, 15) is 4.79 Å². The summed E-state index contributed by atoms with van der Waals surface area (Å²) in [6, 6.07) is 6.08. The highest BCUT2D eigenvalue weighted by atomic mass is 79.9. The summed E-state index contributed by atoms with van der Waals surface area (Å²) >= 11 is 3.57. The van der Waals surface area contributed by atoms with Crippen LogP contribution in [-0.2, 0) is 4.79 Å². The van der Waals surface area contributed by atoms with E-state index in [4.69, 9.17) is 0 Å². The van der Waals surface area contributed by atoms with Crippen molar-refractivity contribution in [1.82, 2.24) is 5.32 Å². The van der Waals surface area contributed by atoms with Crippen molar-refractivity contribution in [1.29, 1.82) is 0 Å². The first-order valence-corrected chi connectivity index (χ1v) is 7.10. The molecule has 1 amide bonds. The van der Waals surface area contributed by atoms with Gasteiger partial charge in [0.15, 0.2) is 0 Å². The Balaban J connectivity index is 2.15. The molecule has 1 saturated heterocycles. The van der Waals surface area contributed by atoms with Crippen molar-refractivity contribution in [2.24, 2.45) is 0 Å². The van der Waals surface area contributed by atoms with Gasteiger partial charge in [-0.15, -0.1) is 0 Å². The Morgan fingerprint density at radius 3 is 3.11 bits per heavy atom. The number of anilines is 2. The molecular weight excluding hydrogens is 294 g/mol. The molecule has 3 rings (SSSR count). The highest BCUT2D eigenvalue weighted by Crippen LogP contribution is 2.41. The van der Waals surface area contributed by atoms with E-state index in [1.807, 2.05) is 24.0 Å². The second kappa shape index (κ2) is 4.55. The zero-order chi connectivity index (χ0) is 12.7. The van der Waals surface area contributed by atoms with Crippen molar-refractivity contribution >= 4 is 33.2 Å². The lowest BCUT2D eigenvalue weighted by atomic mass is 10.0. The number of para-hydroxylation sites is 1. The molecule has 1 fully saturated rings. The lowest BCUT2D eigenvalue weighted by Crippen LogP contribution is -2.61. The molecule has 0 spiro atoms. The largest absolute Gasteiger partial charge is 0.355 e. The number of nitrogens with zero attached hydrogens (tertiary/aromatic N) is 2. The second-order valence-corrected chi connectivity index (χ2v) is 5.46. The molecule has 0 radical (unpaired) electrons. The van der Waals surface area contributed by atoms with Crippen LogP contribution in [0.15, 0.2) is 22.7 Å².